The largest absolute Gasteiger partial charge is 0.465 e. The zero-order valence-electron chi connectivity index (χ0n) is 10.1. The summed E-state index contributed by atoms with van der Waals surface area (Å²) in [6.07, 6.45) is 0.748. The molecule has 1 aromatic rings. The zero-order valence-corrected chi connectivity index (χ0v) is 10.9. The summed E-state index contributed by atoms with van der Waals surface area (Å²) in [6, 6.07) is 7.07. The van der Waals surface area contributed by atoms with Crippen LogP contribution in [0.1, 0.15) is 35.3 Å². The average Bonchev–Trinajstić information content (AvgIpc) is 2.27. The van der Waals surface area contributed by atoms with Gasteiger partial charge in [0.1, 0.15) is 0 Å². The van der Waals surface area contributed by atoms with E-state index in [0.717, 1.165) is 17.6 Å². The highest BCUT2D eigenvalue weighted by molar-refractivity contribution is 5.89. The molecule has 0 unspecified atom stereocenters. The van der Waals surface area contributed by atoms with E-state index in [1.807, 2.05) is 19.1 Å². The summed E-state index contributed by atoms with van der Waals surface area (Å²) in [6.45, 7) is 5.77. The highest BCUT2D eigenvalue weighted by Crippen LogP contribution is 2.18. The molecule has 1 atom stereocenters. The number of carbonyl (C=O) groups is 1. The summed E-state index contributed by atoms with van der Waals surface area (Å²) in [7, 11) is 1.36. The lowest BCUT2D eigenvalue weighted by Gasteiger charge is -2.12. The number of ether oxygens (including phenoxy) is 1. The Hall–Kier alpha value is -1.32. The molecule has 4 heteroatoms. The van der Waals surface area contributed by atoms with Crippen molar-refractivity contribution in [3.8, 4) is 0 Å². The number of benzene rings is 1. The molecule has 1 aromatic carbocycles. The topological polar surface area (TPSA) is 52.3 Å². The predicted molar refractivity (Wildman–Crippen MR) is 71.4 cm³/mol. The van der Waals surface area contributed by atoms with Gasteiger partial charge in [0, 0.05) is 6.04 Å². The van der Waals surface area contributed by atoms with E-state index in [1.54, 1.807) is 12.1 Å². The average molecular weight is 256 g/mol. The van der Waals surface area contributed by atoms with Crippen LogP contribution in [-0.2, 0) is 4.74 Å². The Morgan fingerprint density at radius 2 is 1.94 bits per heavy atom. The number of nitrogens with two attached hydrogens (primary N) is 1. The van der Waals surface area contributed by atoms with Crippen LogP contribution in [0.5, 0.6) is 0 Å². The predicted octanol–water partition coefficient (Wildman–Crippen LogP) is 2.86. The first kappa shape index (κ1) is 15.7. The Morgan fingerprint density at radius 3 is 2.35 bits per heavy atom. The molecular formula is C13H18ClNO2. The van der Waals surface area contributed by atoms with Crippen molar-refractivity contribution < 1.29 is 9.53 Å². The van der Waals surface area contributed by atoms with Crippen molar-refractivity contribution in [2.24, 2.45) is 5.73 Å². The maximum atomic E-state index is 11.2. The van der Waals surface area contributed by atoms with Gasteiger partial charge in [-0.1, -0.05) is 17.7 Å². The Balaban J connectivity index is 0.00000256. The molecule has 0 saturated heterocycles. The monoisotopic (exact) mass is 255 g/mol. The Bertz CT molecular complexity index is 387. The van der Waals surface area contributed by atoms with Gasteiger partial charge in [-0.2, -0.15) is 0 Å². The van der Waals surface area contributed by atoms with Gasteiger partial charge in [0.25, 0.3) is 0 Å². The first-order valence-electron chi connectivity index (χ1n) is 5.13. The van der Waals surface area contributed by atoms with Crippen molar-refractivity contribution in [3.05, 3.63) is 47.5 Å². The summed E-state index contributed by atoms with van der Waals surface area (Å²) in [5.41, 5.74) is 8.56. The number of halogens is 1. The third kappa shape index (κ3) is 4.59. The summed E-state index contributed by atoms with van der Waals surface area (Å²) in [5, 5.41) is 0. The first-order chi connectivity index (χ1) is 7.54. The molecule has 0 aliphatic heterocycles. The van der Waals surface area contributed by atoms with Crippen molar-refractivity contribution in [2.45, 2.75) is 19.4 Å². The maximum absolute atomic E-state index is 11.2. The second kappa shape index (κ2) is 7.09. The Labute approximate surface area is 108 Å². The van der Waals surface area contributed by atoms with Gasteiger partial charge in [0.05, 0.1) is 12.7 Å². The van der Waals surface area contributed by atoms with Crippen LogP contribution in [0.25, 0.3) is 0 Å². The lowest BCUT2D eigenvalue weighted by molar-refractivity contribution is 0.0600. The van der Waals surface area contributed by atoms with Crippen LogP contribution >= 0.6 is 12.4 Å². The molecule has 0 radical (unpaired) electrons. The van der Waals surface area contributed by atoms with Crippen LogP contribution in [0, 0.1) is 0 Å². The summed E-state index contributed by atoms with van der Waals surface area (Å²) < 4.78 is 4.62. The fraction of sp³-hybridized carbons (Fsp3) is 0.308. The van der Waals surface area contributed by atoms with Gasteiger partial charge < -0.3 is 10.5 Å². The van der Waals surface area contributed by atoms with E-state index in [4.69, 9.17) is 5.73 Å². The van der Waals surface area contributed by atoms with Crippen LogP contribution in [-0.4, -0.2) is 13.1 Å². The van der Waals surface area contributed by atoms with Gasteiger partial charge in [-0.05, 0) is 31.0 Å². The number of rotatable bonds is 4. The van der Waals surface area contributed by atoms with Crippen molar-refractivity contribution in [1.29, 1.82) is 0 Å². The third-order valence-electron chi connectivity index (χ3n) is 2.33. The van der Waals surface area contributed by atoms with Gasteiger partial charge in [-0.15, -0.1) is 19.0 Å². The molecule has 0 heterocycles. The van der Waals surface area contributed by atoms with E-state index in [2.05, 4.69) is 11.3 Å². The van der Waals surface area contributed by atoms with Crippen molar-refractivity contribution >= 4 is 18.4 Å². The summed E-state index contributed by atoms with van der Waals surface area (Å²) in [5.74, 6) is -0.333. The molecule has 0 bridgehead atoms. The minimum atomic E-state index is -0.333. The molecule has 17 heavy (non-hydrogen) atoms. The number of hydrogen-bond donors (Lipinski definition) is 1. The van der Waals surface area contributed by atoms with E-state index in [0.29, 0.717) is 5.56 Å². The van der Waals surface area contributed by atoms with Gasteiger partial charge in [-0.25, -0.2) is 4.79 Å². The van der Waals surface area contributed by atoms with Crippen molar-refractivity contribution in [1.82, 2.24) is 0 Å². The molecule has 0 aromatic heterocycles. The smallest absolute Gasteiger partial charge is 0.337 e. The minimum absolute atomic E-state index is 0. The van der Waals surface area contributed by atoms with Gasteiger partial charge in [0.15, 0.2) is 0 Å². The normalized spacial score (nSPS) is 11.2. The van der Waals surface area contributed by atoms with Crippen molar-refractivity contribution in [3.63, 3.8) is 0 Å². The number of carbonyl (C=O) groups excluding carboxylic acids is 1. The molecule has 0 aliphatic carbocycles. The van der Waals surface area contributed by atoms with Gasteiger partial charge in [-0.3, -0.25) is 0 Å². The van der Waals surface area contributed by atoms with E-state index in [9.17, 15) is 4.79 Å². The molecule has 0 saturated carbocycles. The van der Waals surface area contributed by atoms with Crippen LogP contribution in [0.3, 0.4) is 0 Å². The van der Waals surface area contributed by atoms with Crippen LogP contribution < -0.4 is 5.73 Å². The lowest BCUT2D eigenvalue weighted by atomic mass is 10.0. The SMILES string of the molecule is C=C(C)C[C@H](N)c1ccc(C(=O)OC)cc1.Cl. The second-order valence-corrected chi connectivity index (χ2v) is 3.88. The lowest BCUT2D eigenvalue weighted by Crippen LogP contribution is -2.11. The third-order valence-corrected chi connectivity index (χ3v) is 2.33. The van der Waals surface area contributed by atoms with E-state index in [-0.39, 0.29) is 24.4 Å². The molecule has 0 amide bonds. The molecule has 0 spiro atoms. The van der Waals surface area contributed by atoms with E-state index < -0.39 is 0 Å². The van der Waals surface area contributed by atoms with Crippen LogP contribution in [0.4, 0.5) is 0 Å². The molecular weight excluding hydrogens is 238 g/mol. The molecule has 0 aliphatic rings. The highest BCUT2D eigenvalue weighted by atomic mass is 35.5. The number of esters is 1. The van der Waals surface area contributed by atoms with Gasteiger partial charge >= 0.3 is 5.97 Å². The fourth-order valence-corrected chi connectivity index (χ4v) is 1.48. The van der Waals surface area contributed by atoms with Crippen LogP contribution in [0.2, 0.25) is 0 Å². The highest BCUT2D eigenvalue weighted by Gasteiger charge is 2.08. The maximum Gasteiger partial charge on any atom is 0.337 e. The quantitative estimate of drug-likeness (QED) is 0.665. The molecule has 94 valence electrons. The molecule has 3 nitrogen and oxygen atoms in total. The minimum Gasteiger partial charge on any atom is -0.465 e. The van der Waals surface area contributed by atoms with E-state index >= 15 is 0 Å². The summed E-state index contributed by atoms with van der Waals surface area (Å²) >= 11 is 0. The molecule has 0 fully saturated rings. The van der Waals surface area contributed by atoms with Crippen molar-refractivity contribution in [2.75, 3.05) is 7.11 Å². The number of methoxy groups -OCH3 is 1. The Morgan fingerprint density at radius 1 is 1.41 bits per heavy atom. The first-order valence-corrected chi connectivity index (χ1v) is 5.13. The molecule has 1 rings (SSSR count). The number of hydrogen-bond acceptors (Lipinski definition) is 3. The second-order valence-electron chi connectivity index (χ2n) is 3.88. The van der Waals surface area contributed by atoms with Crippen LogP contribution in [0.15, 0.2) is 36.4 Å². The Kier molecular flexibility index (Phi) is 6.54. The fourth-order valence-electron chi connectivity index (χ4n) is 1.48. The zero-order chi connectivity index (χ0) is 12.1. The van der Waals surface area contributed by atoms with E-state index in [1.165, 1.54) is 7.11 Å². The molecule has 2 N–H and O–H groups in total. The van der Waals surface area contributed by atoms with Gasteiger partial charge in [0.2, 0.25) is 0 Å². The standard InChI is InChI=1S/C13H17NO2.ClH/c1-9(2)8-12(14)10-4-6-11(7-5-10)13(15)16-3;/h4-7,12H,1,8,14H2,2-3H3;1H/t12-;/m0./s1. The summed E-state index contributed by atoms with van der Waals surface area (Å²) in [4.78, 5) is 11.2.